The van der Waals surface area contributed by atoms with Crippen molar-refractivity contribution in [1.29, 1.82) is 0 Å². The molecule has 0 nitrogen and oxygen atoms in total. The number of hydrogen-bond acceptors (Lipinski definition) is 0. The molecule has 0 aromatic heterocycles. The van der Waals surface area contributed by atoms with E-state index in [-0.39, 0.29) is 21.2 Å². The van der Waals surface area contributed by atoms with Gasteiger partial charge in [-0.15, -0.1) is 0 Å². The summed E-state index contributed by atoms with van der Waals surface area (Å²) in [5.41, 5.74) is 9.05. The molecular weight excluding hydrogens is 506 g/mol. The van der Waals surface area contributed by atoms with Crippen LogP contribution in [0.15, 0.2) is 24.3 Å². The number of aryl methyl sites for hydroxylation is 4. The Hall–Kier alpha value is -0.100. The van der Waals surface area contributed by atoms with Gasteiger partial charge in [0.15, 0.2) is 0 Å². The molecule has 0 heterocycles. The summed E-state index contributed by atoms with van der Waals surface area (Å²) in [5, 5.41) is 0. The molecule has 2 heteroatoms. The molecule has 0 saturated heterocycles. The fourth-order valence-electron chi connectivity index (χ4n) is 2.85. The topological polar surface area (TPSA) is 0 Å². The molecule has 0 N–H and O–H groups in total. The molecule has 126 valence electrons. The van der Waals surface area contributed by atoms with E-state index in [0.717, 1.165) is 12.8 Å². The van der Waals surface area contributed by atoms with Crippen LogP contribution in [0.1, 0.15) is 47.2 Å². The second-order valence-corrected chi connectivity index (χ2v) is 10.4. The predicted octanol–water partition coefficient (Wildman–Crippen LogP) is 2.84. The average Bonchev–Trinajstić information content (AvgIpc) is 2.54. The van der Waals surface area contributed by atoms with E-state index in [2.05, 4.69) is 81.5 Å². The van der Waals surface area contributed by atoms with E-state index in [1.807, 2.05) is 0 Å². The Morgan fingerprint density at radius 3 is 2.17 bits per heavy atom. The van der Waals surface area contributed by atoms with Crippen LogP contribution >= 0.6 is 22.6 Å². The molecule has 0 radical (unpaired) electrons. The molecule has 0 amide bonds. The summed E-state index contributed by atoms with van der Waals surface area (Å²) >= 11 is 2.59. The quantitative estimate of drug-likeness (QED) is 0.396. The van der Waals surface area contributed by atoms with Crippen LogP contribution in [0.25, 0.3) is 0 Å². The van der Waals surface area contributed by atoms with Crippen molar-refractivity contribution in [2.75, 3.05) is 4.43 Å². The van der Waals surface area contributed by atoms with Crippen LogP contribution in [-0.2, 0) is 19.3 Å². The third-order valence-electron chi connectivity index (χ3n) is 4.65. The predicted molar refractivity (Wildman–Crippen MR) is 106 cm³/mol. The minimum atomic E-state index is 0.108. The van der Waals surface area contributed by atoms with Gasteiger partial charge in [0, 0.05) is 0 Å². The molecule has 2 aromatic rings. The van der Waals surface area contributed by atoms with E-state index in [1.54, 1.807) is 14.7 Å². The van der Waals surface area contributed by atoms with E-state index in [0.29, 0.717) is 0 Å². The molecule has 0 unspecified atom stereocenters. The molecule has 0 atom stereocenters. The van der Waals surface area contributed by atoms with Crippen LogP contribution in [0.3, 0.4) is 0 Å². The maximum atomic E-state index is 2.48. The molecule has 0 aliphatic carbocycles. The maximum absolute atomic E-state index is 2.48. The number of halogens is 2. The van der Waals surface area contributed by atoms with E-state index in [1.165, 1.54) is 36.7 Å². The standard InChI is InChI=1S/C21H27I2/c1-6-17-11-18(7-2)16(5)19(12-17)8-9-23-20-10-14(3)15(4)21(22)13-20/h10-13H,6-9H2,1-5H3/q-1. The summed E-state index contributed by atoms with van der Waals surface area (Å²) in [7, 11) is 0. The number of benzene rings is 2. The summed E-state index contributed by atoms with van der Waals surface area (Å²) in [6, 6.07) is 9.67. The monoisotopic (exact) mass is 533 g/mol. The molecular formula is C21H27I2-. The fourth-order valence-corrected chi connectivity index (χ4v) is 6.90. The van der Waals surface area contributed by atoms with Crippen LogP contribution < -0.4 is 21.2 Å². The molecule has 0 spiro atoms. The third-order valence-corrected chi connectivity index (χ3v) is 8.36. The van der Waals surface area contributed by atoms with E-state index < -0.39 is 0 Å². The zero-order valence-corrected chi connectivity index (χ0v) is 19.2. The molecule has 0 saturated carbocycles. The van der Waals surface area contributed by atoms with E-state index in [9.17, 15) is 0 Å². The minimum absolute atomic E-state index is 0.108. The zero-order chi connectivity index (χ0) is 17.0. The van der Waals surface area contributed by atoms with Crippen LogP contribution in [0.2, 0.25) is 0 Å². The van der Waals surface area contributed by atoms with Crippen molar-refractivity contribution >= 4 is 22.6 Å². The van der Waals surface area contributed by atoms with Gasteiger partial charge in [0.1, 0.15) is 0 Å². The first kappa shape index (κ1) is 19.2. The van der Waals surface area contributed by atoms with Gasteiger partial charge in [-0.2, -0.15) is 0 Å². The SMILES string of the molecule is CCc1cc(CC)c(C)c(CC[I-]c2cc(C)c(C)c(I)c2)c1. The molecule has 2 aromatic carbocycles. The Morgan fingerprint density at radius 1 is 0.870 bits per heavy atom. The van der Waals surface area contributed by atoms with Crippen molar-refractivity contribution in [2.24, 2.45) is 0 Å². The van der Waals surface area contributed by atoms with Crippen molar-refractivity contribution in [3.8, 4) is 0 Å². The first-order chi connectivity index (χ1) is 11.0. The Balaban J connectivity index is 2.09. The number of hydrogen-bond donors (Lipinski definition) is 0. The Morgan fingerprint density at radius 2 is 1.57 bits per heavy atom. The number of alkyl halides is 1. The van der Waals surface area contributed by atoms with Crippen molar-refractivity contribution in [3.63, 3.8) is 0 Å². The van der Waals surface area contributed by atoms with Crippen LogP contribution in [0.5, 0.6) is 0 Å². The summed E-state index contributed by atoms with van der Waals surface area (Å²) in [6.45, 7) is 11.3. The summed E-state index contributed by atoms with van der Waals surface area (Å²) in [5.74, 6) is 0. The second-order valence-electron chi connectivity index (χ2n) is 6.15. The van der Waals surface area contributed by atoms with Gasteiger partial charge in [-0.25, -0.2) is 0 Å². The average molecular weight is 533 g/mol. The van der Waals surface area contributed by atoms with Crippen molar-refractivity contribution in [1.82, 2.24) is 0 Å². The van der Waals surface area contributed by atoms with Crippen LogP contribution in [-0.4, -0.2) is 4.43 Å². The van der Waals surface area contributed by atoms with Crippen molar-refractivity contribution < 1.29 is 21.2 Å². The molecule has 0 bridgehead atoms. The normalized spacial score (nSPS) is 11.2. The van der Waals surface area contributed by atoms with Gasteiger partial charge >= 0.3 is 167 Å². The fraction of sp³-hybridized carbons (Fsp3) is 0.429. The zero-order valence-electron chi connectivity index (χ0n) is 14.9. The Bertz CT molecular complexity index is 663. The van der Waals surface area contributed by atoms with Gasteiger partial charge in [-0.05, 0) is 0 Å². The first-order valence-corrected chi connectivity index (χ1v) is 12.1. The summed E-state index contributed by atoms with van der Waals surface area (Å²) in [6.07, 6.45) is 3.53. The molecule has 0 fully saturated rings. The molecule has 23 heavy (non-hydrogen) atoms. The van der Waals surface area contributed by atoms with E-state index in [4.69, 9.17) is 0 Å². The number of rotatable bonds is 6. The first-order valence-electron chi connectivity index (χ1n) is 8.43. The second kappa shape index (κ2) is 8.84. The summed E-state index contributed by atoms with van der Waals surface area (Å²) in [4.78, 5) is 0. The van der Waals surface area contributed by atoms with Gasteiger partial charge in [0.25, 0.3) is 0 Å². The van der Waals surface area contributed by atoms with Crippen LogP contribution in [0.4, 0.5) is 0 Å². The Labute approximate surface area is 165 Å². The Kier molecular flexibility index (Phi) is 7.39. The van der Waals surface area contributed by atoms with Crippen molar-refractivity contribution in [3.05, 3.63) is 64.8 Å². The van der Waals surface area contributed by atoms with Gasteiger partial charge in [-0.1, -0.05) is 0 Å². The molecule has 0 aliphatic rings. The van der Waals surface area contributed by atoms with E-state index >= 15 is 0 Å². The van der Waals surface area contributed by atoms with Gasteiger partial charge in [-0.3, -0.25) is 0 Å². The third kappa shape index (κ3) is 4.94. The van der Waals surface area contributed by atoms with Gasteiger partial charge < -0.3 is 0 Å². The summed E-state index contributed by atoms with van der Waals surface area (Å²) < 4.78 is 4.36. The van der Waals surface area contributed by atoms with Crippen LogP contribution in [0, 0.1) is 27.9 Å². The van der Waals surface area contributed by atoms with Crippen molar-refractivity contribution in [2.45, 2.75) is 53.9 Å². The van der Waals surface area contributed by atoms with Gasteiger partial charge in [0.2, 0.25) is 0 Å². The van der Waals surface area contributed by atoms with Gasteiger partial charge in [0.05, 0.1) is 0 Å². The molecule has 2 rings (SSSR count). The molecule has 0 aliphatic heterocycles.